The number of carbonyl (C=O) groups excluding carboxylic acids is 1. The van der Waals surface area contributed by atoms with Gasteiger partial charge in [-0.05, 0) is 69.3 Å². The molecule has 1 aromatic heterocycles. The summed E-state index contributed by atoms with van der Waals surface area (Å²) in [5, 5.41) is 20.3. The molecule has 0 unspecified atom stereocenters. The lowest BCUT2D eigenvalue weighted by Crippen LogP contribution is -2.41. The molecule has 0 bridgehead atoms. The third-order valence-electron chi connectivity index (χ3n) is 4.18. The Morgan fingerprint density at radius 2 is 1.67 bits per heavy atom. The van der Waals surface area contributed by atoms with Gasteiger partial charge in [-0.2, -0.15) is 0 Å². The van der Waals surface area contributed by atoms with E-state index >= 15 is 0 Å². The van der Waals surface area contributed by atoms with Crippen LogP contribution in [0.15, 0.2) is 52.9 Å². The van der Waals surface area contributed by atoms with Crippen molar-refractivity contribution in [1.29, 1.82) is 0 Å². The number of rotatable bonds is 8. The molecule has 0 spiro atoms. The number of aliphatic carboxylic acids is 1. The van der Waals surface area contributed by atoms with Gasteiger partial charge in [-0.25, -0.2) is 4.79 Å². The van der Waals surface area contributed by atoms with Gasteiger partial charge >= 0.3 is 12.1 Å². The smallest absolute Gasteiger partial charge is 0.407 e. The van der Waals surface area contributed by atoms with Crippen LogP contribution in [0.2, 0.25) is 5.02 Å². The van der Waals surface area contributed by atoms with Crippen molar-refractivity contribution < 1.29 is 28.6 Å². The molecule has 10 heteroatoms. The van der Waals surface area contributed by atoms with Crippen molar-refractivity contribution in [1.82, 2.24) is 15.5 Å². The molecule has 33 heavy (non-hydrogen) atoms. The Bertz CT molecular complexity index is 1090. The SMILES string of the molecule is CC(C)(C)OC(=O)N[C@@H](CC(=O)O)Cc1nnc(-c2ccc(Oc3ccc(Cl)cc3)cc2)o1. The van der Waals surface area contributed by atoms with Gasteiger partial charge in [0.2, 0.25) is 11.8 Å². The first-order valence-corrected chi connectivity index (χ1v) is 10.5. The molecule has 1 amide bonds. The Balaban J connectivity index is 1.65. The number of aromatic nitrogens is 2. The maximum atomic E-state index is 12.0. The number of amides is 1. The highest BCUT2D eigenvalue weighted by atomic mass is 35.5. The summed E-state index contributed by atoms with van der Waals surface area (Å²) in [6, 6.07) is 13.3. The first kappa shape index (κ1) is 24.1. The first-order chi connectivity index (χ1) is 15.6. The van der Waals surface area contributed by atoms with Crippen LogP contribution in [0.4, 0.5) is 4.79 Å². The van der Waals surface area contributed by atoms with Gasteiger partial charge < -0.3 is 24.3 Å². The number of nitrogens with one attached hydrogen (secondary N) is 1. The zero-order valence-corrected chi connectivity index (χ0v) is 19.1. The van der Waals surface area contributed by atoms with Crippen molar-refractivity contribution in [2.75, 3.05) is 0 Å². The topological polar surface area (TPSA) is 124 Å². The van der Waals surface area contributed by atoms with Crippen molar-refractivity contribution in [3.63, 3.8) is 0 Å². The molecule has 2 N–H and O–H groups in total. The van der Waals surface area contributed by atoms with E-state index < -0.39 is 23.7 Å². The molecular formula is C23H24ClN3O6. The third kappa shape index (κ3) is 7.80. The fourth-order valence-corrected chi connectivity index (χ4v) is 2.95. The first-order valence-electron chi connectivity index (χ1n) is 10.1. The molecule has 0 radical (unpaired) electrons. The highest BCUT2D eigenvalue weighted by Gasteiger charge is 2.23. The van der Waals surface area contributed by atoms with Crippen molar-refractivity contribution in [2.24, 2.45) is 0 Å². The monoisotopic (exact) mass is 473 g/mol. The number of alkyl carbamates (subject to hydrolysis) is 1. The van der Waals surface area contributed by atoms with Gasteiger partial charge in [0.15, 0.2) is 0 Å². The fourth-order valence-electron chi connectivity index (χ4n) is 2.83. The molecule has 1 heterocycles. The molecule has 0 saturated heterocycles. The maximum absolute atomic E-state index is 12.0. The predicted octanol–water partition coefficient (Wildman–Crippen LogP) is 5.09. The molecule has 3 rings (SSSR count). The zero-order valence-electron chi connectivity index (χ0n) is 18.4. The second-order valence-corrected chi connectivity index (χ2v) is 8.66. The standard InChI is InChI=1S/C23H24ClN3O6/c1-23(2,3)33-22(30)25-16(13-20(28)29)12-19-26-27-21(32-19)14-4-8-17(9-5-14)31-18-10-6-15(24)7-11-18/h4-11,16H,12-13H2,1-3H3,(H,25,30)(H,28,29)/t16-/m1/s1. The number of hydrogen-bond acceptors (Lipinski definition) is 7. The maximum Gasteiger partial charge on any atom is 0.407 e. The van der Waals surface area contributed by atoms with Crippen molar-refractivity contribution in [3.8, 4) is 23.0 Å². The zero-order chi connectivity index (χ0) is 24.0. The Kier molecular flexibility index (Phi) is 7.55. The number of nitrogens with zero attached hydrogens (tertiary/aromatic N) is 2. The van der Waals surface area contributed by atoms with Gasteiger partial charge in [-0.3, -0.25) is 4.79 Å². The lowest BCUT2D eigenvalue weighted by Gasteiger charge is -2.22. The largest absolute Gasteiger partial charge is 0.481 e. The van der Waals surface area contributed by atoms with E-state index in [-0.39, 0.29) is 24.6 Å². The molecule has 0 aliphatic heterocycles. The van der Waals surface area contributed by atoms with Crippen LogP contribution in [0.5, 0.6) is 11.5 Å². The summed E-state index contributed by atoms with van der Waals surface area (Å²) >= 11 is 5.88. The van der Waals surface area contributed by atoms with E-state index in [1.54, 1.807) is 69.3 Å². The lowest BCUT2D eigenvalue weighted by atomic mass is 10.1. The normalized spacial score (nSPS) is 12.1. The van der Waals surface area contributed by atoms with Crippen LogP contribution in [0.25, 0.3) is 11.5 Å². The molecule has 0 aliphatic rings. The van der Waals surface area contributed by atoms with E-state index in [2.05, 4.69) is 15.5 Å². The van der Waals surface area contributed by atoms with E-state index in [0.717, 1.165) is 0 Å². The number of halogens is 1. The van der Waals surface area contributed by atoms with Crippen LogP contribution in [-0.2, 0) is 16.0 Å². The van der Waals surface area contributed by atoms with Gasteiger partial charge in [-0.1, -0.05) is 11.6 Å². The highest BCUT2D eigenvalue weighted by Crippen LogP contribution is 2.26. The van der Waals surface area contributed by atoms with Crippen LogP contribution in [0.3, 0.4) is 0 Å². The summed E-state index contributed by atoms with van der Waals surface area (Å²) < 4.78 is 16.6. The second kappa shape index (κ2) is 10.4. The Hall–Kier alpha value is -3.59. The molecule has 174 valence electrons. The minimum atomic E-state index is -1.08. The Labute approximate surface area is 195 Å². The molecule has 1 atom stereocenters. The second-order valence-electron chi connectivity index (χ2n) is 8.23. The fraction of sp³-hybridized carbons (Fsp3) is 0.304. The molecule has 3 aromatic rings. The van der Waals surface area contributed by atoms with Crippen molar-refractivity contribution in [2.45, 2.75) is 45.3 Å². The van der Waals surface area contributed by atoms with Crippen LogP contribution < -0.4 is 10.1 Å². The number of carbonyl (C=O) groups is 2. The van der Waals surface area contributed by atoms with Gasteiger partial charge in [0.05, 0.1) is 12.5 Å². The average Bonchev–Trinajstić information content (AvgIpc) is 3.16. The van der Waals surface area contributed by atoms with Crippen LogP contribution in [0, 0.1) is 0 Å². The highest BCUT2D eigenvalue weighted by molar-refractivity contribution is 6.30. The summed E-state index contributed by atoms with van der Waals surface area (Å²) in [5.41, 5.74) is -0.0500. The van der Waals surface area contributed by atoms with E-state index in [9.17, 15) is 9.59 Å². The number of ether oxygens (including phenoxy) is 2. The van der Waals surface area contributed by atoms with Crippen LogP contribution >= 0.6 is 11.6 Å². The number of benzene rings is 2. The summed E-state index contributed by atoms with van der Waals surface area (Å²) in [4.78, 5) is 23.2. The van der Waals surface area contributed by atoms with E-state index in [1.165, 1.54) is 0 Å². The summed E-state index contributed by atoms with van der Waals surface area (Å²) in [6.07, 6.45) is -1.01. The molecule has 2 aromatic carbocycles. The van der Waals surface area contributed by atoms with Crippen LogP contribution in [0.1, 0.15) is 33.1 Å². The predicted molar refractivity (Wildman–Crippen MR) is 120 cm³/mol. The number of hydrogen-bond donors (Lipinski definition) is 2. The minimum absolute atomic E-state index is 0.0380. The minimum Gasteiger partial charge on any atom is -0.481 e. The molecule has 0 fully saturated rings. The summed E-state index contributed by atoms with van der Waals surface area (Å²) in [7, 11) is 0. The quantitative estimate of drug-likeness (QED) is 0.463. The van der Waals surface area contributed by atoms with Gasteiger partial charge in [0.25, 0.3) is 0 Å². The van der Waals surface area contributed by atoms with Gasteiger partial charge in [-0.15, -0.1) is 10.2 Å². The summed E-state index contributed by atoms with van der Waals surface area (Å²) in [5.74, 6) is 0.633. The van der Waals surface area contributed by atoms with Gasteiger partial charge in [0.1, 0.15) is 17.1 Å². The van der Waals surface area contributed by atoms with Gasteiger partial charge in [0, 0.05) is 17.0 Å². The number of carboxylic acid groups (broad SMARTS) is 1. The number of carboxylic acids is 1. The van der Waals surface area contributed by atoms with Crippen molar-refractivity contribution in [3.05, 3.63) is 59.4 Å². The lowest BCUT2D eigenvalue weighted by molar-refractivity contribution is -0.137. The Morgan fingerprint density at radius 1 is 1.06 bits per heavy atom. The van der Waals surface area contributed by atoms with E-state index in [0.29, 0.717) is 22.1 Å². The molecule has 9 nitrogen and oxygen atoms in total. The van der Waals surface area contributed by atoms with E-state index in [4.69, 9.17) is 30.6 Å². The van der Waals surface area contributed by atoms with Crippen molar-refractivity contribution >= 4 is 23.7 Å². The van der Waals surface area contributed by atoms with Crippen LogP contribution in [-0.4, -0.2) is 39.0 Å². The average molecular weight is 474 g/mol. The molecular weight excluding hydrogens is 450 g/mol. The third-order valence-corrected chi connectivity index (χ3v) is 4.43. The van der Waals surface area contributed by atoms with E-state index in [1.807, 2.05) is 0 Å². The Morgan fingerprint density at radius 3 is 2.24 bits per heavy atom. The molecule has 0 saturated carbocycles. The molecule has 0 aliphatic carbocycles. The summed E-state index contributed by atoms with van der Waals surface area (Å²) in [6.45, 7) is 5.15.